The standard InChI is InChI=1S/C10H12ClFOS/c1-7(6-14)13-5-8-9(11)3-2-4-10(8)12/h2-4,7,14H,5-6H2,1H3. The van der Waals surface area contributed by atoms with Gasteiger partial charge in [0.1, 0.15) is 5.82 Å². The Bertz CT molecular complexity index is 286. The summed E-state index contributed by atoms with van der Waals surface area (Å²) in [7, 11) is 0. The van der Waals surface area contributed by atoms with Gasteiger partial charge in [0.05, 0.1) is 12.7 Å². The van der Waals surface area contributed by atoms with Crippen LogP contribution in [0.4, 0.5) is 4.39 Å². The van der Waals surface area contributed by atoms with E-state index >= 15 is 0 Å². The molecule has 4 heteroatoms. The molecule has 14 heavy (non-hydrogen) atoms. The van der Waals surface area contributed by atoms with Gasteiger partial charge in [-0.05, 0) is 19.1 Å². The summed E-state index contributed by atoms with van der Waals surface area (Å²) in [5.74, 6) is 0.273. The quantitative estimate of drug-likeness (QED) is 0.787. The molecule has 0 N–H and O–H groups in total. The maximum Gasteiger partial charge on any atom is 0.130 e. The van der Waals surface area contributed by atoms with E-state index < -0.39 is 0 Å². The van der Waals surface area contributed by atoms with Gasteiger partial charge < -0.3 is 4.74 Å². The minimum absolute atomic E-state index is 0.00555. The van der Waals surface area contributed by atoms with Crippen LogP contribution in [-0.4, -0.2) is 11.9 Å². The van der Waals surface area contributed by atoms with Crippen molar-refractivity contribution in [1.82, 2.24) is 0 Å². The van der Waals surface area contributed by atoms with Gasteiger partial charge in [0, 0.05) is 16.3 Å². The molecule has 0 radical (unpaired) electrons. The van der Waals surface area contributed by atoms with Crippen LogP contribution in [0.2, 0.25) is 5.02 Å². The fourth-order valence-electron chi connectivity index (χ4n) is 0.949. The highest BCUT2D eigenvalue weighted by atomic mass is 35.5. The summed E-state index contributed by atoms with van der Waals surface area (Å²) in [4.78, 5) is 0. The lowest BCUT2D eigenvalue weighted by Gasteiger charge is -2.11. The van der Waals surface area contributed by atoms with Crippen LogP contribution in [-0.2, 0) is 11.3 Å². The van der Waals surface area contributed by atoms with E-state index in [0.717, 1.165) is 0 Å². The largest absolute Gasteiger partial charge is 0.373 e. The van der Waals surface area contributed by atoms with E-state index in [1.54, 1.807) is 12.1 Å². The van der Waals surface area contributed by atoms with E-state index in [1.807, 2.05) is 6.92 Å². The predicted molar refractivity (Wildman–Crippen MR) is 59.5 cm³/mol. The van der Waals surface area contributed by atoms with Crippen molar-refractivity contribution in [2.45, 2.75) is 19.6 Å². The summed E-state index contributed by atoms with van der Waals surface area (Å²) < 4.78 is 18.6. The topological polar surface area (TPSA) is 9.23 Å². The van der Waals surface area contributed by atoms with Gasteiger partial charge in [-0.1, -0.05) is 17.7 Å². The number of benzene rings is 1. The summed E-state index contributed by atoms with van der Waals surface area (Å²) in [5.41, 5.74) is 0.405. The van der Waals surface area contributed by atoms with Gasteiger partial charge in [-0.15, -0.1) is 0 Å². The van der Waals surface area contributed by atoms with Crippen molar-refractivity contribution in [3.63, 3.8) is 0 Å². The molecule has 0 saturated heterocycles. The Hall–Kier alpha value is -0.250. The fraction of sp³-hybridized carbons (Fsp3) is 0.400. The summed E-state index contributed by atoms with van der Waals surface area (Å²) in [6.45, 7) is 2.06. The molecule has 1 aromatic carbocycles. The first-order chi connectivity index (χ1) is 6.65. The highest BCUT2D eigenvalue weighted by molar-refractivity contribution is 7.80. The third-order valence-electron chi connectivity index (χ3n) is 1.83. The third kappa shape index (κ3) is 3.15. The monoisotopic (exact) mass is 234 g/mol. The van der Waals surface area contributed by atoms with Crippen LogP contribution in [0.5, 0.6) is 0 Å². The molecule has 1 aromatic rings. The molecule has 0 aromatic heterocycles. The lowest BCUT2D eigenvalue weighted by molar-refractivity contribution is 0.0672. The zero-order valence-corrected chi connectivity index (χ0v) is 9.49. The Kier molecular flexibility index (Phi) is 4.72. The van der Waals surface area contributed by atoms with E-state index in [-0.39, 0.29) is 18.5 Å². The number of hydrogen-bond donors (Lipinski definition) is 1. The minimum atomic E-state index is -0.330. The Morgan fingerprint density at radius 1 is 1.57 bits per heavy atom. The average molecular weight is 235 g/mol. The molecular weight excluding hydrogens is 223 g/mol. The lowest BCUT2D eigenvalue weighted by atomic mass is 10.2. The number of ether oxygens (including phenoxy) is 1. The second kappa shape index (κ2) is 5.59. The fourth-order valence-corrected chi connectivity index (χ4v) is 1.27. The number of rotatable bonds is 4. The molecule has 0 spiro atoms. The normalized spacial score (nSPS) is 12.9. The smallest absolute Gasteiger partial charge is 0.130 e. The molecule has 0 bridgehead atoms. The second-order valence-corrected chi connectivity index (χ2v) is 3.78. The molecule has 1 unspecified atom stereocenters. The summed E-state index contributed by atoms with van der Waals surface area (Å²) in [6.07, 6.45) is -0.00555. The van der Waals surface area contributed by atoms with Crippen molar-refractivity contribution in [3.8, 4) is 0 Å². The van der Waals surface area contributed by atoms with Crippen LogP contribution in [0, 0.1) is 5.82 Å². The van der Waals surface area contributed by atoms with E-state index in [0.29, 0.717) is 16.3 Å². The second-order valence-electron chi connectivity index (χ2n) is 3.00. The highest BCUT2D eigenvalue weighted by Gasteiger charge is 2.08. The zero-order valence-electron chi connectivity index (χ0n) is 7.84. The summed E-state index contributed by atoms with van der Waals surface area (Å²) in [6, 6.07) is 4.59. The van der Waals surface area contributed by atoms with Gasteiger partial charge in [-0.25, -0.2) is 4.39 Å². The van der Waals surface area contributed by atoms with Gasteiger partial charge in [0.15, 0.2) is 0 Å². The van der Waals surface area contributed by atoms with Gasteiger partial charge in [0.25, 0.3) is 0 Å². The third-order valence-corrected chi connectivity index (χ3v) is 2.70. The van der Waals surface area contributed by atoms with E-state index in [1.165, 1.54) is 6.07 Å². The van der Waals surface area contributed by atoms with Crippen molar-refractivity contribution in [1.29, 1.82) is 0 Å². The van der Waals surface area contributed by atoms with Crippen molar-refractivity contribution in [2.75, 3.05) is 5.75 Å². The number of halogens is 2. The van der Waals surface area contributed by atoms with Crippen molar-refractivity contribution >= 4 is 24.2 Å². The zero-order chi connectivity index (χ0) is 10.6. The molecule has 0 aliphatic heterocycles. The van der Waals surface area contributed by atoms with Crippen LogP contribution < -0.4 is 0 Å². The Labute approximate surface area is 93.6 Å². The van der Waals surface area contributed by atoms with E-state index in [2.05, 4.69) is 12.6 Å². The molecule has 1 atom stereocenters. The van der Waals surface area contributed by atoms with Gasteiger partial charge in [-0.3, -0.25) is 0 Å². The first kappa shape index (κ1) is 11.8. The summed E-state index contributed by atoms with van der Waals surface area (Å²) >= 11 is 9.88. The highest BCUT2D eigenvalue weighted by Crippen LogP contribution is 2.20. The summed E-state index contributed by atoms with van der Waals surface area (Å²) in [5, 5.41) is 0.399. The van der Waals surface area contributed by atoms with Crippen LogP contribution in [0.15, 0.2) is 18.2 Å². The molecule has 1 rings (SSSR count). The van der Waals surface area contributed by atoms with Gasteiger partial charge in [0.2, 0.25) is 0 Å². The van der Waals surface area contributed by atoms with E-state index in [4.69, 9.17) is 16.3 Å². The molecule has 0 heterocycles. The first-order valence-corrected chi connectivity index (χ1v) is 5.31. The Morgan fingerprint density at radius 2 is 2.29 bits per heavy atom. The molecule has 0 fully saturated rings. The van der Waals surface area contributed by atoms with Crippen LogP contribution in [0.1, 0.15) is 12.5 Å². The van der Waals surface area contributed by atoms with Crippen molar-refractivity contribution < 1.29 is 9.13 Å². The lowest BCUT2D eigenvalue weighted by Crippen LogP contribution is -2.10. The first-order valence-electron chi connectivity index (χ1n) is 4.30. The molecule has 1 nitrogen and oxygen atoms in total. The molecule has 0 aliphatic carbocycles. The SMILES string of the molecule is CC(CS)OCc1c(F)cccc1Cl. The van der Waals surface area contributed by atoms with Crippen LogP contribution in [0.25, 0.3) is 0 Å². The van der Waals surface area contributed by atoms with E-state index in [9.17, 15) is 4.39 Å². The Morgan fingerprint density at radius 3 is 2.86 bits per heavy atom. The van der Waals surface area contributed by atoms with Crippen molar-refractivity contribution in [3.05, 3.63) is 34.6 Å². The molecular formula is C10H12ClFOS. The minimum Gasteiger partial charge on any atom is -0.373 e. The van der Waals surface area contributed by atoms with Crippen molar-refractivity contribution in [2.24, 2.45) is 0 Å². The molecule has 0 amide bonds. The Balaban J connectivity index is 2.66. The maximum atomic E-state index is 13.2. The predicted octanol–water partition coefficient (Wildman–Crippen LogP) is 3.31. The van der Waals surface area contributed by atoms with Crippen LogP contribution >= 0.6 is 24.2 Å². The van der Waals surface area contributed by atoms with Crippen LogP contribution in [0.3, 0.4) is 0 Å². The maximum absolute atomic E-state index is 13.2. The molecule has 0 saturated carbocycles. The molecule has 78 valence electrons. The molecule has 0 aliphatic rings. The van der Waals surface area contributed by atoms with Gasteiger partial charge >= 0.3 is 0 Å². The van der Waals surface area contributed by atoms with Gasteiger partial charge in [-0.2, -0.15) is 12.6 Å². The average Bonchev–Trinajstić information content (AvgIpc) is 2.16. The number of thiol groups is 1. The number of hydrogen-bond acceptors (Lipinski definition) is 2.